The Morgan fingerprint density at radius 3 is 1.00 bits per heavy atom. The van der Waals surface area contributed by atoms with E-state index in [-0.39, 0.29) is 21.1 Å². The maximum absolute atomic E-state index is 2.93. The van der Waals surface area contributed by atoms with E-state index in [0.717, 1.165) is 13.1 Å². The first-order chi connectivity index (χ1) is 3.83. The molecular formula is C6H18N2W. The Kier molecular flexibility index (Phi) is 42.5. The minimum Gasteiger partial charge on any atom is -0.320 e. The van der Waals surface area contributed by atoms with Gasteiger partial charge in [-0.15, -0.1) is 0 Å². The Balaban J connectivity index is -0.0000000720. The molecule has 0 rings (SSSR count). The van der Waals surface area contributed by atoms with Crippen LogP contribution in [0.25, 0.3) is 0 Å². The second-order valence-electron chi connectivity index (χ2n) is 1.41. The van der Waals surface area contributed by atoms with Crippen LogP contribution < -0.4 is 10.6 Å². The van der Waals surface area contributed by atoms with Crippen molar-refractivity contribution in [3.63, 3.8) is 0 Å². The predicted octanol–water partition coefficient (Wildman–Crippen LogP) is 0.449. The molecule has 9 heavy (non-hydrogen) atoms. The Morgan fingerprint density at radius 1 is 0.889 bits per heavy atom. The minimum absolute atomic E-state index is 0. The Morgan fingerprint density at radius 2 is 1.00 bits per heavy atom. The van der Waals surface area contributed by atoms with Gasteiger partial charge in [-0.2, -0.15) is 0 Å². The van der Waals surface area contributed by atoms with Gasteiger partial charge in [-0.05, 0) is 27.2 Å². The van der Waals surface area contributed by atoms with Crippen LogP contribution in [0.4, 0.5) is 0 Å². The summed E-state index contributed by atoms with van der Waals surface area (Å²) in [5.74, 6) is 0. The van der Waals surface area contributed by atoms with Crippen LogP contribution in [0.2, 0.25) is 0 Å². The maximum atomic E-state index is 2.93. The Bertz CT molecular complexity index is 19.0. The van der Waals surface area contributed by atoms with Crippen molar-refractivity contribution in [2.75, 3.05) is 27.2 Å². The quantitative estimate of drug-likeness (QED) is 0.774. The van der Waals surface area contributed by atoms with Crippen molar-refractivity contribution in [2.24, 2.45) is 0 Å². The molecule has 0 aliphatic heterocycles. The molecule has 0 radical (unpaired) electrons. The molecule has 0 fully saturated rings. The molecule has 0 aliphatic carbocycles. The zero-order chi connectivity index (χ0) is 6.83. The van der Waals surface area contributed by atoms with Crippen LogP contribution in [0, 0.1) is 0 Å². The second kappa shape index (κ2) is 23.5. The molecule has 0 unspecified atom stereocenters. The van der Waals surface area contributed by atoms with Crippen molar-refractivity contribution in [1.29, 1.82) is 0 Å². The van der Waals surface area contributed by atoms with Gasteiger partial charge in [-0.25, -0.2) is 0 Å². The summed E-state index contributed by atoms with van der Waals surface area (Å²) >= 11 is 0. The molecule has 0 spiro atoms. The van der Waals surface area contributed by atoms with Crippen molar-refractivity contribution < 1.29 is 21.1 Å². The first-order valence-electron chi connectivity index (χ1n) is 3.12. The number of nitrogens with one attached hydrogen (secondary N) is 2. The molecule has 0 aromatic rings. The van der Waals surface area contributed by atoms with Crippen LogP contribution in [0.3, 0.4) is 0 Å². The number of hydrogen-bond acceptors (Lipinski definition) is 2. The fraction of sp³-hybridized carbons (Fsp3) is 1.00. The molecule has 0 aromatic heterocycles. The molecule has 0 atom stereocenters. The van der Waals surface area contributed by atoms with Crippen molar-refractivity contribution in [1.82, 2.24) is 10.6 Å². The van der Waals surface area contributed by atoms with Crippen LogP contribution in [-0.4, -0.2) is 27.2 Å². The van der Waals surface area contributed by atoms with Gasteiger partial charge in [0.25, 0.3) is 0 Å². The fourth-order valence-electron chi connectivity index (χ4n) is 0. The van der Waals surface area contributed by atoms with Crippen LogP contribution in [0.1, 0.15) is 13.8 Å². The average molecular weight is 302 g/mol. The van der Waals surface area contributed by atoms with E-state index < -0.39 is 0 Å². The first kappa shape index (κ1) is 16.3. The molecule has 0 saturated carbocycles. The van der Waals surface area contributed by atoms with E-state index >= 15 is 0 Å². The van der Waals surface area contributed by atoms with E-state index in [9.17, 15) is 0 Å². The van der Waals surface area contributed by atoms with Gasteiger partial charge >= 0.3 is 0 Å². The average Bonchev–Trinajstić information content (AvgIpc) is 1.88. The monoisotopic (exact) mass is 302 g/mol. The van der Waals surface area contributed by atoms with Crippen LogP contribution in [0.15, 0.2) is 0 Å². The van der Waals surface area contributed by atoms with E-state index in [1.165, 1.54) is 0 Å². The topological polar surface area (TPSA) is 24.1 Å². The summed E-state index contributed by atoms with van der Waals surface area (Å²) in [4.78, 5) is 0. The Labute approximate surface area is 73.1 Å². The van der Waals surface area contributed by atoms with Crippen LogP contribution in [0.5, 0.6) is 0 Å². The van der Waals surface area contributed by atoms with Crippen molar-refractivity contribution in [2.45, 2.75) is 13.8 Å². The van der Waals surface area contributed by atoms with Gasteiger partial charge in [-0.3, -0.25) is 0 Å². The van der Waals surface area contributed by atoms with Crippen LogP contribution >= 0.6 is 0 Å². The van der Waals surface area contributed by atoms with Gasteiger partial charge in [0.1, 0.15) is 0 Å². The molecule has 2 nitrogen and oxygen atoms in total. The van der Waals surface area contributed by atoms with Gasteiger partial charge in [-0.1, -0.05) is 13.8 Å². The third kappa shape index (κ3) is 55.3. The summed E-state index contributed by atoms with van der Waals surface area (Å²) in [6, 6.07) is 0. The van der Waals surface area contributed by atoms with E-state index in [0.29, 0.717) is 0 Å². The van der Waals surface area contributed by atoms with Crippen molar-refractivity contribution >= 4 is 0 Å². The molecule has 58 valence electrons. The summed E-state index contributed by atoms with van der Waals surface area (Å²) in [7, 11) is 3.86. The largest absolute Gasteiger partial charge is 0.320 e. The summed E-state index contributed by atoms with van der Waals surface area (Å²) in [5, 5.41) is 5.86. The van der Waals surface area contributed by atoms with Gasteiger partial charge in [0.05, 0.1) is 0 Å². The zero-order valence-corrected chi connectivity index (χ0v) is 9.76. The molecule has 0 amide bonds. The molecule has 0 heterocycles. The summed E-state index contributed by atoms with van der Waals surface area (Å²) in [6.07, 6.45) is 0. The SMILES string of the molecule is CCNC.CCNC.[W]. The number of hydrogen-bond donors (Lipinski definition) is 2. The molecule has 0 saturated heterocycles. The van der Waals surface area contributed by atoms with Crippen molar-refractivity contribution in [3.05, 3.63) is 0 Å². The smallest absolute Gasteiger partial charge is 0 e. The van der Waals surface area contributed by atoms with Crippen LogP contribution in [-0.2, 0) is 21.1 Å². The second-order valence-corrected chi connectivity index (χ2v) is 1.41. The summed E-state index contributed by atoms with van der Waals surface area (Å²) in [6.45, 7) is 6.28. The number of rotatable bonds is 2. The molecule has 0 aromatic carbocycles. The third-order valence-electron chi connectivity index (χ3n) is 0.707. The van der Waals surface area contributed by atoms with Gasteiger partial charge in [0.2, 0.25) is 0 Å². The molecule has 0 aliphatic rings. The van der Waals surface area contributed by atoms with E-state index in [2.05, 4.69) is 24.5 Å². The standard InChI is InChI=1S/2C3H9N.W/c2*1-3-4-2;/h2*4H,3H2,1-2H3;. The minimum atomic E-state index is 0. The normalized spacial score (nSPS) is 6.67. The molecule has 3 heteroatoms. The zero-order valence-electron chi connectivity index (χ0n) is 6.82. The van der Waals surface area contributed by atoms with Gasteiger partial charge in [0.15, 0.2) is 0 Å². The molecule has 2 N–H and O–H groups in total. The maximum Gasteiger partial charge on any atom is 0 e. The molecular weight excluding hydrogens is 284 g/mol. The van der Waals surface area contributed by atoms with Gasteiger partial charge < -0.3 is 10.6 Å². The van der Waals surface area contributed by atoms with Gasteiger partial charge in [0, 0.05) is 21.1 Å². The third-order valence-corrected chi connectivity index (χ3v) is 0.707. The van der Waals surface area contributed by atoms with Crippen molar-refractivity contribution in [3.8, 4) is 0 Å². The van der Waals surface area contributed by atoms with E-state index in [4.69, 9.17) is 0 Å². The Hall–Kier alpha value is 0.608. The predicted molar refractivity (Wildman–Crippen MR) is 39.2 cm³/mol. The van der Waals surface area contributed by atoms with E-state index in [1.54, 1.807) is 0 Å². The summed E-state index contributed by atoms with van der Waals surface area (Å²) < 4.78 is 0. The molecule has 0 bridgehead atoms. The fourth-order valence-corrected chi connectivity index (χ4v) is 0. The summed E-state index contributed by atoms with van der Waals surface area (Å²) in [5.41, 5.74) is 0. The first-order valence-corrected chi connectivity index (χ1v) is 3.12. The van der Waals surface area contributed by atoms with E-state index in [1.807, 2.05) is 14.1 Å².